The molecule has 0 aliphatic carbocycles. The van der Waals surface area contributed by atoms with Gasteiger partial charge in [0.2, 0.25) is 0 Å². The van der Waals surface area contributed by atoms with Crippen molar-refractivity contribution < 1.29 is 4.52 Å². The van der Waals surface area contributed by atoms with Crippen molar-refractivity contribution in [1.29, 1.82) is 0 Å². The van der Waals surface area contributed by atoms with Gasteiger partial charge in [-0.15, -0.1) is 0 Å². The molecule has 0 aliphatic heterocycles. The molecule has 0 saturated heterocycles. The van der Waals surface area contributed by atoms with Gasteiger partial charge in [-0.25, -0.2) is 0 Å². The maximum Gasteiger partial charge on any atom is 0.138 e. The third kappa shape index (κ3) is 3.91. The largest absolute Gasteiger partial charge is 0.361 e. The first-order valence-corrected chi connectivity index (χ1v) is 7.25. The molecule has 0 saturated carbocycles. The molecule has 1 N–H and O–H groups in total. The predicted octanol–water partition coefficient (Wildman–Crippen LogP) is 3.77. The molecule has 0 amide bonds. The van der Waals surface area contributed by atoms with E-state index in [-0.39, 0.29) is 0 Å². The first-order valence-electron chi connectivity index (χ1n) is 6.46. The SMILES string of the molecule is Cc1noc(C)c1CNC(C)Cc1ccc(Br)cc1. The zero-order valence-electron chi connectivity index (χ0n) is 11.5. The van der Waals surface area contributed by atoms with E-state index in [4.69, 9.17) is 4.52 Å². The van der Waals surface area contributed by atoms with E-state index in [1.54, 1.807) is 0 Å². The van der Waals surface area contributed by atoms with Gasteiger partial charge in [0, 0.05) is 22.6 Å². The minimum Gasteiger partial charge on any atom is -0.361 e. The van der Waals surface area contributed by atoms with E-state index in [2.05, 4.69) is 57.6 Å². The summed E-state index contributed by atoms with van der Waals surface area (Å²) in [4.78, 5) is 0. The van der Waals surface area contributed by atoms with Crippen LogP contribution < -0.4 is 5.32 Å². The fraction of sp³-hybridized carbons (Fsp3) is 0.400. The van der Waals surface area contributed by atoms with E-state index < -0.39 is 0 Å². The molecule has 1 unspecified atom stereocenters. The normalized spacial score (nSPS) is 12.6. The van der Waals surface area contributed by atoms with Crippen LogP contribution >= 0.6 is 15.9 Å². The van der Waals surface area contributed by atoms with E-state index in [9.17, 15) is 0 Å². The lowest BCUT2D eigenvalue weighted by Crippen LogP contribution is -2.27. The number of aromatic nitrogens is 1. The summed E-state index contributed by atoms with van der Waals surface area (Å²) in [6, 6.07) is 8.87. The van der Waals surface area contributed by atoms with Crippen LogP contribution in [0.5, 0.6) is 0 Å². The minimum atomic E-state index is 0.412. The Labute approximate surface area is 122 Å². The van der Waals surface area contributed by atoms with Crippen LogP contribution in [0.4, 0.5) is 0 Å². The molecule has 0 radical (unpaired) electrons. The molecule has 3 nitrogen and oxygen atoms in total. The van der Waals surface area contributed by atoms with E-state index in [1.807, 2.05) is 13.8 Å². The second-order valence-electron chi connectivity index (χ2n) is 4.92. The van der Waals surface area contributed by atoms with Crippen LogP contribution in [0, 0.1) is 13.8 Å². The number of hydrogen-bond donors (Lipinski definition) is 1. The van der Waals surface area contributed by atoms with Crippen LogP contribution in [0.15, 0.2) is 33.3 Å². The first-order chi connectivity index (χ1) is 9.06. The Morgan fingerprint density at radius 1 is 1.26 bits per heavy atom. The summed E-state index contributed by atoms with van der Waals surface area (Å²) in [5, 5.41) is 7.49. The van der Waals surface area contributed by atoms with Gasteiger partial charge in [-0.1, -0.05) is 33.2 Å². The van der Waals surface area contributed by atoms with Crippen LogP contribution in [0.25, 0.3) is 0 Å². The minimum absolute atomic E-state index is 0.412. The van der Waals surface area contributed by atoms with Gasteiger partial charge >= 0.3 is 0 Å². The standard InChI is InChI=1S/C15H19BrN2O/c1-10(8-13-4-6-14(16)7-5-13)17-9-15-11(2)18-19-12(15)3/h4-7,10,17H,8-9H2,1-3H3. The third-order valence-corrected chi connectivity index (χ3v) is 3.79. The van der Waals surface area contributed by atoms with Crippen LogP contribution in [0.1, 0.15) is 29.5 Å². The van der Waals surface area contributed by atoms with Gasteiger partial charge in [0.05, 0.1) is 5.69 Å². The summed E-state index contributed by atoms with van der Waals surface area (Å²) in [5.74, 6) is 0.904. The van der Waals surface area contributed by atoms with E-state index in [0.29, 0.717) is 6.04 Å². The van der Waals surface area contributed by atoms with Gasteiger partial charge in [-0.05, 0) is 44.9 Å². The molecule has 102 valence electrons. The van der Waals surface area contributed by atoms with Crippen molar-refractivity contribution in [2.75, 3.05) is 0 Å². The fourth-order valence-corrected chi connectivity index (χ4v) is 2.34. The highest BCUT2D eigenvalue weighted by Crippen LogP contribution is 2.14. The summed E-state index contributed by atoms with van der Waals surface area (Å²) in [7, 11) is 0. The highest BCUT2D eigenvalue weighted by Gasteiger charge is 2.10. The molecule has 4 heteroatoms. The monoisotopic (exact) mass is 322 g/mol. The smallest absolute Gasteiger partial charge is 0.138 e. The lowest BCUT2D eigenvalue weighted by molar-refractivity contribution is 0.391. The van der Waals surface area contributed by atoms with Crippen LogP contribution in [-0.2, 0) is 13.0 Å². The Kier molecular flexibility index (Phi) is 4.77. The second-order valence-corrected chi connectivity index (χ2v) is 5.83. The van der Waals surface area contributed by atoms with E-state index in [1.165, 1.54) is 11.1 Å². The molecule has 1 heterocycles. The zero-order chi connectivity index (χ0) is 13.8. The number of halogens is 1. The highest BCUT2D eigenvalue weighted by molar-refractivity contribution is 9.10. The Balaban J connectivity index is 1.88. The second kappa shape index (κ2) is 6.35. The molecular formula is C15H19BrN2O. The van der Waals surface area contributed by atoms with Gasteiger partial charge in [0.25, 0.3) is 0 Å². The molecule has 0 fully saturated rings. The van der Waals surface area contributed by atoms with Crippen molar-refractivity contribution in [2.45, 2.75) is 39.8 Å². The van der Waals surface area contributed by atoms with E-state index in [0.717, 1.165) is 28.9 Å². The van der Waals surface area contributed by atoms with Gasteiger partial charge < -0.3 is 9.84 Å². The predicted molar refractivity (Wildman–Crippen MR) is 80.1 cm³/mol. The van der Waals surface area contributed by atoms with E-state index >= 15 is 0 Å². The van der Waals surface area contributed by atoms with Gasteiger partial charge in [0.1, 0.15) is 5.76 Å². The van der Waals surface area contributed by atoms with Crippen molar-refractivity contribution in [3.8, 4) is 0 Å². The van der Waals surface area contributed by atoms with Crippen molar-refractivity contribution in [3.63, 3.8) is 0 Å². The Morgan fingerprint density at radius 3 is 2.53 bits per heavy atom. The number of nitrogens with one attached hydrogen (secondary N) is 1. The molecule has 0 bridgehead atoms. The first kappa shape index (κ1) is 14.3. The van der Waals surface area contributed by atoms with Crippen LogP contribution in [-0.4, -0.2) is 11.2 Å². The number of rotatable bonds is 5. The average Bonchev–Trinajstić information content (AvgIpc) is 2.70. The number of benzene rings is 1. The van der Waals surface area contributed by atoms with Gasteiger partial charge in [0.15, 0.2) is 0 Å². The maximum absolute atomic E-state index is 5.16. The molecule has 0 aliphatic rings. The summed E-state index contributed by atoms with van der Waals surface area (Å²) in [6.45, 7) is 6.93. The zero-order valence-corrected chi connectivity index (χ0v) is 13.1. The van der Waals surface area contributed by atoms with Crippen LogP contribution in [0.3, 0.4) is 0 Å². The lowest BCUT2D eigenvalue weighted by Gasteiger charge is -2.13. The Hall–Kier alpha value is -1.13. The van der Waals surface area contributed by atoms with Crippen molar-refractivity contribution in [3.05, 3.63) is 51.3 Å². The molecule has 19 heavy (non-hydrogen) atoms. The molecule has 2 rings (SSSR count). The number of nitrogens with zero attached hydrogens (tertiary/aromatic N) is 1. The van der Waals surface area contributed by atoms with Gasteiger partial charge in [-0.3, -0.25) is 0 Å². The molecule has 1 atom stereocenters. The Morgan fingerprint density at radius 2 is 1.95 bits per heavy atom. The average molecular weight is 323 g/mol. The fourth-order valence-electron chi connectivity index (χ4n) is 2.08. The lowest BCUT2D eigenvalue weighted by atomic mass is 10.1. The third-order valence-electron chi connectivity index (χ3n) is 3.26. The maximum atomic E-state index is 5.16. The van der Waals surface area contributed by atoms with Crippen molar-refractivity contribution >= 4 is 15.9 Å². The number of aryl methyl sites for hydroxylation is 2. The van der Waals surface area contributed by atoms with Crippen molar-refractivity contribution in [2.24, 2.45) is 0 Å². The summed E-state index contributed by atoms with van der Waals surface area (Å²) < 4.78 is 6.28. The molecule has 1 aromatic carbocycles. The molecular weight excluding hydrogens is 304 g/mol. The van der Waals surface area contributed by atoms with Gasteiger partial charge in [-0.2, -0.15) is 0 Å². The molecule has 1 aromatic heterocycles. The topological polar surface area (TPSA) is 38.1 Å². The summed E-state index contributed by atoms with van der Waals surface area (Å²) in [5.41, 5.74) is 3.48. The quantitative estimate of drug-likeness (QED) is 0.910. The number of hydrogen-bond acceptors (Lipinski definition) is 3. The molecule has 0 spiro atoms. The highest BCUT2D eigenvalue weighted by atomic mass is 79.9. The molecule has 2 aromatic rings. The van der Waals surface area contributed by atoms with Crippen LogP contribution in [0.2, 0.25) is 0 Å². The summed E-state index contributed by atoms with van der Waals surface area (Å²) >= 11 is 3.45. The van der Waals surface area contributed by atoms with Crippen molar-refractivity contribution in [1.82, 2.24) is 10.5 Å². The Bertz CT molecular complexity index is 514. The summed E-state index contributed by atoms with van der Waals surface area (Å²) in [6.07, 6.45) is 1.01.